The third kappa shape index (κ3) is 2.56. The van der Waals surface area contributed by atoms with E-state index in [1.54, 1.807) is 17.7 Å². The van der Waals surface area contributed by atoms with Crippen LogP contribution >= 0.6 is 11.3 Å². The molecule has 1 amide bonds. The number of thiophene rings is 1. The number of amides is 1. The van der Waals surface area contributed by atoms with Crippen molar-refractivity contribution in [3.63, 3.8) is 0 Å². The van der Waals surface area contributed by atoms with Crippen LogP contribution in [0.5, 0.6) is 0 Å². The Kier molecular flexibility index (Phi) is 4.14. The van der Waals surface area contributed by atoms with Crippen LogP contribution in [0, 0.1) is 5.92 Å². The predicted molar refractivity (Wildman–Crippen MR) is 96.1 cm³/mol. The molecular weight excluding hydrogens is 322 g/mol. The van der Waals surface area contributed by atoms with Crippen molar-refractivity contribution in [3.8, 4) is 0 Å². The molecule has 2 fully saturated rings. The average molecular weight is 345 g/mol. The molecule has 0 aliphatic carbocycles. The van der Waals surface area contributed by atoms with Crippen molar-refractivity contribution in [1.29, 1.82) is 0 Å². The summed E-state index contributed by atoms with van der Waals surface area (Å²) in [5, 5.41) is 3.08. The Labute approximate surface area is 145 Å². The number of anilines is 1. The number of hydrogen-bond acceptors (Lipinski definition) is 6. The van der Waals surface area contributed by atoms with E-state index in [-0.39, 0.29) is 18.0 Å². The number of nitrogens with zero attached hydrogens (tertiary/aromatic N) is 4. The third-order valence-electron chi connectivity index (χ3n) is 5.33. The van der Waals surface area contributed by atoms with Crippen molar-refractivity contribution in [1.82, 2.24) is 14.9 Å². The molecule has 2 saturated heterocycles. The summed E-state index contributed by atoms with van der Waals surface area (Å²) in [7, 11) is 0. The molecule has 2 aromatic heterocycles. The zero-order valence-corrected chi connectivity index (χ0v) is 14.7. The summed E-state index contributed by atoms with van der Waals surface area (Å²) in [6, 6.07) is 2.22. The second-order valence-electron chi connectivity index (χ2n) is 6.87. The molecule has 0 saturated carbocycles. The Hall–Kier alpha value is -1.73. The van der Waals surface area contributed by atoms with E-state index in [2.05, 4.69) is 27.9 Å². The average Bonchev–Trinajstić information content (AvgIpc) is 3.32. The maximum atomic E-state index is 13.2. The van der Waals surface area contributed by atoms with Crippen LogP contribution in [-0.4, -0.2) is 52.5 Å². The van der Waals surface area contributed by atoms with Crippen molar-refractivity contribution in [2.24, 2.45) is 11.7 Å². The fourth-order valence-corrected chi connectivity index (χ4v) is 4.82. The van der Waals surface area contributed by atoms with E-state index < -0.39 is 0 Å². The van der Waals surface area contributed by atoms with Gasteiger partial charge in [-0.15, -0.1) is 11.3 Å². The third-order valence-corrected chi connectivity index (χ3v) is 6.15. The summed E-state index contributed by atoms with van der Waals surface area (Å²) in [6.45, 7) is 4.46. The van der Waals surface area contributed by atoms with Crippen LogP contribution in [0.3, 0.4) is 0 Å². The Bertz CT molecular complexity index is 747. The van der Waals surface area contributed by atoms with Crippen molar-refractivity contribution in [2.75, 3.05) is 24.5 Å². The molecule has 24 heavy (non-hydrogen) atoms. The highest BCUT2D eigenvalue weighted by molar-refractivity contribution is 7.16. The monoisotopic (exact) mass is 345 g/mol. The van der Waals surface area contributed by atoms with Gasteiger partial charge >= 0.3 is 0 Å². The van der Waals surface area contributed by atoms with Crippen molar-refractivity contribution in [2.45, 2.75) is 38.3 Å². The Balaban J connectivity index is 1.61. The first kappa shape index (κ1) is 15.8. The van der Waals surface area contributed by atoms with E-state index in [1.165, 1.54) is 0 Å². The molecule has 0 spiro atoms. The van der Waals surface area contributed by atoms with Crippen LogP contribution in [-0.2, 0) is 4.79 Å². The van der Waals surface area contributed by atoms with Gasteiger partial charge in [0.25, 0.3) is 0 Å². The summed E-state index contributed by atoms with van der Waals surface area (Å²) in [4.78, 5) is 27.2. The van der Waals surface area contributed by atoms with E-state index >= 15 is 0 Å². The lowest BCUT2D eigenvalue weighted by Crippen LogP contribution is -2.47. The molecular formula is C17H23N5OS. The van der Waals surface area contributed by atoms with E-state index in [1.807, 2.05) is 10.3 Å². The molecule has 0 bridgehead atoms. The number of hydrogen-bond donors (Lipinski definition) is 1. The minimum atomic E-state index is -0.109. The zero-order valence-electron chi connectivity index (χ0n) is 13.9. The molecule has 0 aromatic carbocycles. The van der Waals surface area contributed by atoms with Gasteiger partial charge in [0.15, 0.2) is 0 Å². The minimum absolute atomic E-state index is 0.109. The summed E-state index contributed by atoms with van der Waals surface area (Å²) in [5.41, 5.74) is 5.82. The fraction of sp³-hybridized carbons (Fsp3) is 0.588. The second kappa shape index (κ2) is 6.29. The van der Waals surface area contributed by atoms with Gasteiger partial charge in [0.2, 0.25) is 5.91 Å². The van der Waals surface area contributed by atoms with Gasteiger partial charge < -0.3 is 15.5 Å². The van der Waals surface area contributed by atoms with Gasteiger partial charge in [-0.05, 0) is 50.1 Å². The summed E-state index contributed by atoms with van der Waals surface area (Å²) < 4.78 is 0. The second-order valence-corrected chi connectivity index (χ2v) is 7.76. The van der Waals surface area contributed by atoms with Crippen molar-refractivity contribution < 1.29 is 4.79 Å². The molecule has 4 heterocycles. The molecule has 0 radical (unpaired) electrons. The Morgan fingerprint density at radius 2 is 2.33 bits per heavy atom. The number of carbonyl (C=O) groups is 1. The van der Waals surface area contributed by atoms with Gasteiger partial charge in [-0.3, -0.25) is 4.79 Å². The predicted octanol–water partition coefficient (Wildman–Crippen LogP) is 1.86. The molecule has 2 N–H and O–H groups in total. The molecule has 7 heteroatoms. The normalized spacial score (nSPS) is 27.3. The lowest BCUT2D eigenvalue weighted by atomic mass is 10.1. The van der Waals surface area contributed by atoms with Gasteiger partial charge in [-0.1, -0.05) is 0 Å². The van der Waals surface area contributed by atoms with Gasteiger partial charge in [0, 0.05) is 19.1 Å². The molecule has 2 aliphatic rings. The number of aromatic nitrogens is 2. The standard InChI is InChI=1S/C17H23N5OS/c1-11-7-12(8-18)9-22(11)17(23)14-3-2-5-21(14)15-13-4-6-24-16(13)20-10-19-15/h4,6,10-12,14H,2-3,5,7-9,18H2,1H3. The quantitative estimate of drug-likeness (QED) is 0.919. The maximum absolute atomic E-state index is 13.2. The number of carbonyl (C=O) groups excluding carboxylic acids is 1. The van der Waals surface area contributed by atoms with Crippen LogP contribution in [0.4, 0.5) is 5.82 Å². The topological polar surface area (TPSA) is 75.3 Å². The van der Waals surface area contributed by atoms with Gasteiger partial charge in [-0.2, -0.15) is 0 Å². The smallest absolute Gasteiger partial charge is 0.245 e. The molecule has 3 unspecified atom stereocenters. The summed E-state index contributed by atoms with van der Waals surface area (Å²) in [5.74, 6) is 1.57. The van der Waals surface area contributed by atoms with Crippen LogP contribution in [0.1, 0.15) is 26.2 Å². The van der Waals surface area contributed by atoms with E-state index in [0.717, 1.165) is 48.4 Å². The Morgan fingerprint density at radius 3 is 3.12 bits per heavy atom. The number of nitrogens with two attached hydrogens (primary N) is 1. The molecule has 3 atom stereocenters. The van der Waals surface area contributed by atoms with E-state index in [9.17, 15) is 4.79 Å². The highest BCUT2D eigenvalue weighted by atomic mass is 32.1. The van der Waals surface area contributed by atoms with Crippen LogP contribution in [0.2, 0.25) is 0 Å². The lowest BCUT2D eigenvalue weighted by Gasteiger charge is -2.31. The number of rotatable bonds is 3. The first-order valence-corrected chi connectivity index (χ1v) is 9.52. The lowest BCUT2D eigenvalue weighted by molar-refractivity contribution is -0.133. The highest BCUT2D eigenvalue weighted by Crippen LogP contribution is 2.33. The van der Waals surface area contributed by atoms with E-state index in [0.29, 0.717) is 12.5 Å². The highest BCUT2D eigenvalue weighted by Gasteiger charge is 2.40. The van der Waals surface area contributed by atoms with Crippen LogP contribution in [0.25, 0.3) is 10.2 Å². The van der Waals surface area contributed by atoms with E-state index in [4.69, 9.17) is 5.73 Å². The van der Waals surface area contributed by atoms with Crippen LogP contribution in [0.15, 0.2) is 17.8 Å². The van der Waals surface area contributed by atoms with Crippen molar-refractivity contribution >= 4 is 33.3 Å². The first-order chi connectivity index (χ1) is 11.7. The molecule has 128 valence electrons. The van der Waals surface area contributed by atoms with Gasteiger partial charge in [0.05, 0.1) is 5.39 Å². The Morgan fingerprint density at radius 1 is 1.46 bits per heavy atom. The first-order valence-electron chi connectivity index (χ1n) is 8.64. The van der Waals surface area contributed by atoms with Crippen molar-refractivity contribution in [3.05, 3.63) is 17.8 Å². The zero-order chi connectivity index (χ0) is 16.7. The molecule has 6 nitrogen and oxygen atoms in total. The summed E-state index contributed by atoms with van der Waals surface area (Å²) >= 11 is 1.61. The molecule has 4 rings (SSSR count). The number of likely N-dealkylation sites (tertiary alicyclic amines) is 1. The SMILES string of the molecule is CC1CC(CN)CN1C(=O)C1CCCN1c1ncnc2sccc12. The van der Waals surface area contributed by atoms with Gasteiger partial charge in [0.1, 0.15) is 23.0 Å². The maximum Gasteiger partial charge on any atom is 0.245 e. The van der Waals surface area contributed by atoms with Crippen LogP contribution < -0.4 is 10.6 Å². The largest absolute Gasteiger partial charge is 0.344 e. The van der Waals surface area contributed by atoms with Gasteiger partial charge in [-0.25, -0.2) is 9.97 Å². The number of fused-ring (bicyclic) bond motifs is 1. The molecule has 2 aliphatic heterocycles. The summed E-state index contributed by atoms with van der Waals surface area (Å²) in [6.07, 6.45) is 4.54. The minimum Gasteiger partial charge on any atom is -0.344 e. The fourth-order valence-electron chi connectivity index (χ4n) is 4.09. The molecule has 2 aromatic rings.